The van der Waals surface area contributed by atoms with Gasteiger partial charge in [0.2, 0.25) is 11.8 Å². The van der Waals surface area contributed by atoms with Gasteiger partial charge in [-0.3, -0.25) is 19.5 Å². The molecule has 226 valence electrons. The van der Waals surface area contributed by atoms with Crippen LogP contribution in [-0.2, 0) is 32.1 Å². The summed E-state index contributed by atoms with van der Waals surface area (Å²) in [5.74, 6) is -3.26. The standard InChI is InChI=1S/C27H27N5O3S.C2HF3O2/c1-14-8-15(11-28)31-23(19(14)9-16-12-29-6-7-35-16)18-4-5-30-20-10-17(36-24(18)20)13-32-25(33)21-22(26(32)34)27(21,2)3;3-2(4,5)1(6)7/h4-5,8,10,16,21-22,29H,6-7,9,12-13H2,1-3H3;(H,6,7). The molecule has 3 fully saturated rings. The number of imide groups is 1. The molecule has 14 heteroatoms. The minimum atomic E-state index is -5.08. The Balaban J connectivity index is 0.000000472. The number of aromatic nitrogens is 2. The number of likely N-dealkylation sites (tertiary alicyclic amines) is 1. The van der Waals surface area contributed by atoms with Gasteiger partial charge in [-0.15, -0.1) is 11.3 Å². The summed E-state index contributed by atoms with van der Waals surface area (Å²) in [5, 5.41) is 20.1. The number of hydrogen-bond donors (Lipinski definition) is 2. The number of amides is 2. The van der Waals surface area contributed by atoms with E-state index in [1.54, 1.807) is 6.20 Å². The third-order valence-electron chi connectivity index (χ3n) is 8.06. The summed E-state index contributed by atoms with van der Waals surface area (Å²) in [6.07, 6.45) is -2.62. The Labute approximate surface area is 248 Å². The Bertz CT molecular complexity index is 1630. The number of nitrogens with one attached hydrogen (secondary N) is 1. The maximum atomic E-state index is 12.9. The van der Waals surface area contributed by atoms with E-state index in [4.69, 9.17) is 19.6 Å². The molecule has 43 heavy (non-hydrogen) atoms. The van der Waals surface area contributed by atoms with Gasteiger partial charge in [-0.25, -0.2) is 9.78 Å². The minimum Gasteiger partial charge on any atom is -0.475 e. The summed E-state index contributed by atoms with van der Waals surface area (Å²) in [5.41, 5.74) is 4.66. The van der Waals surface area contributed by atoms with Crippen molar-refractivity contribution in [2.45, 2.75) is 46.0 Å². The molecule has 6 rings (SSSR count). The number of carbonyl (C=O) groups is 3. The predicted octanol–water partition coefficient (Wildman–Crippen LogP) is 3.84. The summed E-state index contributed by atoms with van der Waals surface area (Å²) < 4.78 is 38.6. The second-order valence-corrected chi connectivity index (χ2v) is 12.4. The second-order valence-electron chi connectivity index (χ2n) is 11.3. The number of ether oxygens (including phenoxy) is 1. The topological polar surface area (TPSA) is 146 Å². The van der Waals surface area contributed by atoms with Gasteiger partial charge in [0.1, 0.15) is 11.8 Å². The number of hydrogen-bond acceptors (Lipinski definition) is 9. The summed E-state index contributed by atoms with van der Waals surface area (Å²) in [6.45, 7) is 8.53. The van der Waals surface area contributed by atoms with Crippen molar-refractivity contribution in [1.29, 1.82) is 5.26 Å². The van der Waals surface area contributed by atoms with Gasteiger partial charge < -0.3 is 15.2 Å². The van der Waals surface area contributed by atoms with Gasteiger partial charge in [-0.1, -0.05) is 13.8 Å². The number of thiophene rings is 1. The zero-order valence-electron chi connectivity index (χ0n) is 23.5. The van der Waals surface area contributed by atoms with E-state index in [2.05, 4.69) is 16.4 Å². The van der Waals surface area contributed by atoms with Crippen molar-refractivity contribution in [2.75, 3.05) is 19.7 Å². The lowest BCUT2D eigenvalue weighted by atomic mass is 9.96. The van der Waals surface area contributed by atoms with Crippen LogP contribution in [0.1, 0.15) is 35.5 Å². The quantitative estimate of drug-likeness (QED) is 0.409. The molecule has 2 amide bonds. The van der Waals surface area contributed by atoms with E-state index in [1.165, 1.54) is 16.2 Å². The van der Waals surface area contributed by atoms with Crippen LogP contribution in [0.15, 0.2) is 24.4 Å². The number of carbonyl (C=O) groups excluding carboxylic acids is 2. The van der Waals surface area contributed by atoms with Crippen LogP contribution in [0.4, 0.5) is 13.2 Å². The van der Waals surface area contributed by atoms with Crippen molar-refractivity contribution in [1.82, 2.24) is 20.2 Å². The molecule has 2 N–H and O–H groups in total. The van der Waals surface area contributed by atoms with Crippen molar-refractivity contribution in [3.63, 3.8) is 0 Å². The highest BCUT2D eigenvalue weighted by atomic mass is 32.1. The molecule has 5 heterocycles. The number of carboxylic acid groups (broad SMARTS) is 1. The number of alkyl halides is 3. The first-order valence-electron chi connectivity index (χ1n) is 13.5. The van der Waals surface area contributed by atoms with E-state index >= 15 is 0 Å². The minimum absolute atomic E-state index is 0.0324. The summed E-state index contributed by atoms with van der Waals surface area (Å²) in [7, 11) is 0. The highest BCUT2D eigenvalue weighted by Gasteiger charge is 2.72. The second kappa shape index (κ2) is 11.3. The lowest BCUT2D eigenvalue weighted by Gasteiger charge is -2.25. The Morgan fingerprint density at radius 2 is 1.95 bits per heavy atom. The highest BCUT2D eigenvalue weighted by molar-refractivity contribution is 7.19. The fourth-order valence-corrected chi connectivity index (χ4v) is 6.90. The third-order valence-corrected chi connectivity index (χ3v) is 9.21. The van der Waals surface area contributed by atoms with E-state index < -0.39 is 12.1 Å². The SMILES string of the molecule is Cc1cc(C#N)nc(-c2ccnc3cc(CN4C(=O)C5C(C4=O)C5(C)C)sc23)c1CC1CNCCO1.O=C(O)C(F)(F)F. The number of nitrogens with zero attached hydrogens (tertiary/aromatic N) is 4. The number of fused-ring (bicyclic) bond motifs is 2. The number of morpholine rings is 1. The fourth-order valence-electron chi connectivity index (χ4n) is 5.78. The third kappa shape index (κ3) is 5.84. The molecular weight excluding hydrogens is 587 g/mol. The van der Waals surface area contributed by atoms with Crippen LogP contribution < -0.4 is 5.32 Å². The number of aryl methyl sites for hydroxylation is 1. The van der Waals surface area contributed by atoms with Crippen LogP contribution in [0.3, 0.4) is 0 Å². The van der Waals surface area contributed by atoms with E-state index in [-0.39, 0.29) is 41.7 Å². The molecule has 0 radical (unpaired) electrons. The number of aliphatic carboxylic acids is 1. The van der Waals surface area contributed by atoms with Crippen LogP contribution in [0.2, 0.25) is 0 Å². The van der Waals surface area contributed by atoms with Gasteiger partial charge in [-0.2, -0.15) is 18.4 Å². The molecule has 0 aromatic carbocycles. The zero-order valence-corrected chi connectivity index (χ0v) is 24.3. The Morgan fingerprint density at radius 3 is 2.53 bits per heavy atom. The van der Waals surface area contributed by atoms with Gasteiger partial charge in [0.15, 0.2) is 0 Å². The molecule has 3 unspecified atom stereocenters. The molecule has 1 aliphatic carbocycles. The van der Waals surface area contributed by atoms with Crippen molar-refractivity contribution in [2.24, 2.45) is 17.3 Å². The summed E-state index contributed by atoms with van der Waals surface area (Å²) in [6, 6.07) is 7.89. The number of carboxylic acids is 1. The van der Waals surface area contributed by atoms with Gasteiger partial charge in [0, 0.05) is 36.1 Å². The Kier molecular flexibility index (Phi) is 8.02. The van der Waals surface area contributed by atoms with Crippen molar-refractivity contribution in [3.8, 4) is 17.3 Å². The Hall–Kier alpha value is -3.93. The van der Waals surface area contributed by atoms with Crippen molar-refractivity contribution < 1.29 is 37.4 Å². The van der Waals surface area contributed by atoms with E-state index in [1.807, 2.05) is 39.0 Å². The van der Waals surface area contributed by atoms with Gasteiger partial charge >= 0.3 is 12.1 Å². The molecule has 2 aliphatic heterocycles. The van der Waals surface area contributed by atoms with Crippen molar-refractivity contribution in [3.05, 3.63) is 46.1 Å². The number of piperidine rings is 1. The van der Waals surface area contributed by atoms with Crippen LogP contribution in [0.5, 0.6) is 0 Å². The molecule has 1 saturated carbocycles. The van der Waals surface area contributed by atoms with Gasteiger partial charge in [0.25, 0.3) is 0 Å². The number of nitriles is 1. The number of rotatable bonds is 5. The first kappa shape index (κ1) is 30.5. The largest absolute Gasteiger partial charge is 0.490 e. The van der Waals surface area contributed by atoms with E-state index in [9.17, 15) is 28.0 Å². The molecule has 3 aliphatic rings. The maximum absolute atomic E-state index is 12.9. The average Bonchev–Trinajstić information content (AvgIpc) is 3.19. The first-order valence-corrected chi connectivity index (χ1v) is 14.3. The molecule has 0 spiro atoms. The molecule has 3 atom stereocenters. The highest BCUT2D eigenvalue weighted by Crippen LogP contribution is 2.63. The predicted molar refractivity (Wildman–Crippen MR) is 149 cm³/mol. The number of pyridine rings is 2. The van der Waals surface area contributed by atoms with Gasteiger partial charge in [0.05, 0.1) is 47.0 Å². The van der Waals surface area contributed by atoms with Crippen LogP contribution in [0, 0.1) is 35.5 Å². The van der Waals surface area contributed by atoms with E-state index in [0.29, 0.717) is 18.7 Å². The normalized spacial score (nSPS) is 22.5. The zero-order chi connectivity index (χ0) is 31.3. The van der Waals surface area contributed by atoms with Gasteiger partial charge in [-0.05, 0) is 41.7 Å². The van der Waals surface area contributed by atoms with Crippen molar-refractivity contribution >= 4 is 39.3 Å². The van der Waals surface area contributed by atoms with E-state index in [0.717, 1.165) is 50.6 Å². The molecule has 10 nitrogen and oxygen atoms in total. The monoisotopic (exact) mass is 615 g/mol. The molecular formula is C29H28F3N5O5S. The lowest BCUT2D eigenvalue weighted by Crippen LogP contribution is -2.39. The fraction of sp³-hybridized carbons (Fsp3) is 0.448. The molecule has 0 bridgehead atoms. The van der Waals surface area contributed by atoms with Crippen LogP contribution in [0.25, 0.3) is 21.5 Å². The van der Waals surface area contributed by atoms with Crippen LogP contribution in [-0.4, -0.2) is 69.7 Å². The smallest absolute Gasteiger partial charge is 0.475 e. The number of halogens is 3. The summed E-state index contributed by atoms with van der Waals surface area (Å²) in [4.78, 5) is 46.2. The lowest BCUT2D eigenvalue weighted by molar-refractivity contribution is -0.192. The first-order chi connectivity index (χ1) is 20.2. The average molecular weight is 616 g/mol. The van der Waals surface area contributed by atoms with Crippen LogP contribution >= 0.6 is 11.3 Å². The summed E-state index contributed by atoms with van der Waals surface area (Å²) >= 11 is 1.52. The molecule has 3 aromatic rings. The maximum Gasteiger partial charge on any atom is 0.490 e. The molecule has 3 aromatic heterocycles. The molecule has 2 saturated heterocycles. The Morgan fingerprint density at radius 1 is 1.28 bits per heavy atom.